The zero-order valence-corrected chi connectivity index (χ0v) is 9.03. The molecule has 0 aromatic carbocycles. The van der Waals surface area contributed by atoms with Crippen LogP contribution < -0.4 is 0 Å². The molecule has 2 heterocycles. The van der Waals surface area contributed by atoms with Gasteiger partial charge in [0.1, 0.15) is 11.0 Å². The van der Waals surface area contributed by atoms with Crippen molar-refractivity contribution in [3.05, 3.63) is 22.7 Å². The number of nitrogens with zero attached hydrogens (tertiary/aromatic N) is 2. The van der Waals surface area contributed by atoms with Crippen LogP contribution in [0.25, 0.3) is 0 Å². The average Bonchev–Trinajstić information content (AvgIpc) is 2.53. The maximum absolute atomic E-state index is 5.87. The Morgan fingerprint density at radius 3 is 3.00 bits per heavy atom. The monoisotopic (exact) mass is 214 g/mol. The number of thioether (sulfide) groups is 1. The second kappa shape index (κ2) is 3.84. The van der Waals surface area contributed by atoms with E-state index in [1.807, 2.05) is 18.7 Å². The van der Waals surface area contributed by atoms with Crippen molar-refractivity contribution in [2.24, 2.45) is 0 Å². The first-order chi connectivity index (χ1) is 6.25. The van der Waals surface area contributed by atoms with Gasteiger partial charge in [-0.3, -0.25) is 0 Å². The van der Waals surface area contributed by atoms with Crippen molar-refractivity contribution >= 4 is 23.4 Å². The van der Waals surface area contributed by atoms with Gasteiger partial charge in [0.15, 0.2) is 0 Å². The standard InChI is InChI=1S/C9H11ClN2S/c1-6-5-8(10)12-9(11-6)7-3-2-4-13-7/h5,7H,2-4H2,1H3. The second-order valence-electron chi connectivity index (χ2n) is 3.19. The van der Waals surface area contributed by atoms with Crippen molar-refractivity contribution in [3.63, 3.8) is 0 Å². The second-order valence-corrected chi connectivity index (χ2v) is 4.89. The van der Waals surface area contributed by atoms with Gasteiger partial charge in [0.25, 0.3) is 0 Å². The lowest BCUT2D eigenvalue weighted by atomic mass is 10.2. The Hall–Kier alpha value is -0.280. The summed E-state index contributed by atoms with van der Waals surface area (Å²) in [5.41, 5.74) is 0.961. The largest absolute Gasteiger partial charge is 0.237 e. The predicted octanol–water partition coefficient (Wildman–Crippen LogP) is 3.01. The topological polar surface area (TPSA) is 25.8 Å². The summed E-state index contributed by atoms with van der Waals surface area (Å²) in [5, 5.41) is 1.03. The van der Waals surface area contributed by atoms with Gasteiger partial charge >= 0.3 is 0 Å². The highest BCUT2D eigenvalue weighted by Gasteiger charge is 2.20. The number of halogens is 1. The molecule has 4 heteroatoms. The van der Waals surface area contributed by atoms with E-state index in [0.29, 0.717) is 10.4 Å². The van der Waals surface area contributed by atoms with Gasteiger partial charge in [-0.15, -0.1) is 0 Å². The molecule has 13 heavy (non-hydrogen) atoms. The minimum Gasteiger partial charge on any atom is -0.237 e. The summed E-state index contributed by atoms with van der Waals surface area (Å²) in [5.74, 6) is 2.13. The van der Waals surface area contributed by atoms with Crippen molar-refractivity contribution in [2.45, 2.75) is 25.0 Å². The van der Waals surface area contributed by atoms with Gasteiger partial charge in [-0.2, -0.15) is 11.8 Å². The van der Waals surface area contributed by atoms with Crippen LogP contribution in [0.3, 0.4) is 0 Å². The Kier molecular flexibility index (Phi) is 2.74. The first-order valence-corrected chi connectivity index (χ1v) is 5.81. The van der Waals surface area contributed by atoms with E-state index < -0.39 is 0 Å². The lowest BCUT2D eigenvalue weighted by Crippen LogP contribution is -1.99. The van der Waals surface area contributed by atoms with Gasteiger partial charge in [-0.1, -0.05) is 11.6 Å². The molecule has 1 unspecified atom stereocenters. The normalized spacial score (nSPS) is 22.2. The van der Waals surface area contributed by atoms with E-state index >= 15 is 0 Å². The Labute approximate surface area is 87.1 Å². The van der Waals surface area contributed by atoms with Crippen LogP contribution in [0.1, 0.15) is 29.6 Å². The summed E-state index contributed by atoms with van der Waals surface area (Å²) in [6.07, 6.45) is 2.45. The van der Waals surface area contributed by atoms with Crippen LogP contribution >= 0.6 is 23.4 Å². The van der Waals surface area contributed by atoms with Gasteiger partial charge < -0.3 is 0 Å². The quantitative estimate of drug-likeness (QED) is 0.673. The third-order valence-electron chi connectivity index (χ3n) is 2.06. The van der Waals surface area contributed by atoms with Gasteiger partial charge in [-0.25, -0.2) is 9.97 Å². The Morgan fingerprint density at radius 2 is 2.38 bits per heavy atom. The molecule has 1 aliphatic heterocycles. The summed E-state index contributed by atoms with van der Waals surface area (Å²) in [4.78, 5) is 8.65. The molecule has 0 bridgehead atoms. The Morgan fingerprint density at radius 1 is 1.54 bits per heavy atom. The van der Waals surface area contributed by atoms with E-state index in [0.717, 1.165) is 11.5 Å². The predicted molar refractivity (Wildman–Crippen MR) is 56.2 cm³/mol. The zero-order chi connectivity index (χ0) is 9.26. The lowest BCUT2D eigenvalue weighted by Gasteiger charge is -2.07. The lowest BCUT2D eigenvalue weighted by molar-refractivity contribution is 0.771. The average molecular weight is 215 g/mol. The summed E-state index contributed by atoms with van der Waals surface area (Å²) in [7, 11) is 0. The molecule has 0 amide bonds. The van der Waals surface area contributed by atoms with E-state index in [1.165, 1.54) is 18.6 Å². The van der Waals surface area contributed by atoms with Crippen LogP contribution in [0.4, 0.5) is 0 Å². The van der Waals surface area contributed by atoms with Crippen molar-refractivity contribution in [3.8, 4) is 0 Å². The van der Waals surface area contributed by atoms with Crippen LogP contribution in [-0.4, -0.2) is 15.7 Å². The minimum atomic E-state index is 0.470. The number of rotatable bonds is 1. The molecule has 1 aromatic heterocycles. The fourth-order valence-electron chi connectivity index (χ4n) is 1.48. The Balaban J connectivity index is 2.28. The third kappa shape index (κ3) is 2.15. The molecular formula is C9H11ClN2S. The van der Waals surface area contributed by atoms with Crippen LogP contribution in [0, 0.1) is 6.92 Å². The molecule has 70 valence electrons. The van der Waals surface area contributed by atoms with Crippen molar-refractivity contribution in [2.75, 3.05) is 5.75 Å². The maximum atomic E-state index is 5.87. The van der Waals surface area contributed by atoms with Gasteiger partial charge in [0.2, 0.25) is 0 Å². The molecule has 2 rings (SSSR count). The van der Waals surface area contributed by atoms with Gasteiger partial charge in [0, 0.05) is 5.69 Å². The van der Waals surface area contributed by atoms with Crippen LogP contribution in [0.5, 0.6) is 0 Å². The smallest absolute Gasteiger partial charge is 0.143 e. The molecule has 1 aromatic rings. The van der Waals surface area contributed by atoms with E-state index in [1.54, 1.807) is 6.07 Å². The molecular weight excluding hydrogens is 204 g/mol. The van der Waals surface area contributed by atoms with Crippen molar-refractivity contribution in [1.82, 2.24) is 9.97 Å². The summed E-state index contributed by atoms with van der Waals surface area (Å²) < 4.78 is 0. The number of aromatic nitrogens is 2. The molecule has 0 radical (unpaired) electrons. The molecule has 2 nitrogen and oxygen atoms in total. The molecule has 1 atom stereocenters. The molecule has 1 saturated heterocycles. The number of hydrogen-bond donors (Lipinski definition) is 0. The summed E-state index contributed by atoms with van der Waals surface area (Å²) in [6, 6.07) is 1.80. The number of hydrogen-bond acceptors (Lipinski definition) is 3. The van der Waals surface area contributed by atoms with Crippen molar-refractivity contribution < 1.29 is 0 Å². The first kappa shape index (κ1) is 9.28. The molecule has 0 aliphatic carbocycles. The summed E-state index contributed by atoms with van der Waals surface area (Å²) >= 11 is 7.80. The minimum absolute atomic E-state index is 0.470. The van der Waals surface area contributed by atoms with E-state index in [4.69, 9.17) is 11.6 Å². The molecule has 1 aliphatic rings. The van der Waals surface area contributed by atoms with Crippen LogP contribution in [0.15, 0.2) is 6.07 Å². The van der Waals surface area contributed by atoms with Gasteiger partial charge in [0.05, 0.1) is 5.25 Å². The third-order valence-corrected chi connectivity index (χ3v) is 3.62. The SMILES string of the molecule is Cc1cc(Cl)nc(C2CCCS2)n1. The fourth-order valence-corrected chi connectivity index (χ4v) is 2.93. The summed E-state index contributed by atoms with van der Waals surface area (Å²) in [6.45, 7) is 1.96. The highest BCUT2D eigenvalue weighted by atomic mass is 35.5. The first-order valence-electron chi connectivity index (χ1n) is 4.38. The fraction of sp³-hybridized carbons (Fsp3) is 0.556. The highest BCUT2D eigenvalue weighted by molar-refractivity contribution is 7.99. The van der Waals surface area contributed by atoms with E-state index in [2.05, 4.69) is 9.97 Å². The molecule has 0 saturated carbocycles. The van der Waals surface area contributed by atoms with Crippen LogP contribution in [0.2, 0.25) is 5.15 Å². The zero-order valence-electron chi connectivity index (χ0n) is 7.46. The van der Waals surface area contributed by atoms with Crippen molar-refractivity contribution in [1.29, 1.82) is 0 Å². The molecule has 1 fully saturated rings. The Bertz CT molecular complexity index is 290. The molecule has 0 spiro atoms. The van der Waals surface area contributed by atoms with Crippen LogP contribution in [-0.2, 0) is 0 Å². The molecule has 0 N–H and O–H groups in total. The maximum Gasteiger partial charge on any atom is 0.143 e. The van der Waals surface area contributed by atoms with Gasteiger partial charge in [-0.05, 0) is 31.6 Å². The van der Waals surface area contributed by atoms with E-state index in [-0.39, 0.29) is 0 Å². The van der Waals surface area contributed by atoms with E-state index in [9.17, 15) is 0 Å². The highest BCUT2D eigenvalue weighted by Crippen LogP contribution is 2.38. The number of aryl methyl sites for hydroxylation is 1.